The van der Waals surface area contributed by atoms with E-state index in [0.717, 1.165) is 18.5 Å². The number of hydrogen-bond donors (Lipinski definition) is 2. The molecule has 0 unspecified atom stereocenters. The predicted molar refractivity (Wildman–Crippen MR) is 75.5 cm³/mol. The zero-order valence-corrected chi connectivity index (χ0v) is 11.5. The lowest BCUT2D eigenvalue weighted by atomic mass is 10.2. The highest BCUT2D eigenvalue weighted by atomic mass is 16.2. The number of aromatic nitrogens is 1. The van der Waals surface area contributed by atoms with E-state index in [1.807, 2.05) is 11.0 Å². The van der Waals surface area contributed by atoms with E-state index in [0.29, 0.717) is 38.2 Å². The summed E-state index contributed by atoms with van der Waals surface area (Å²) in [6.07, 6.45) is 4.32. The number of hydrogen-bond acceptors (Lipinski definition) is 4. The van der Waals surface area contributed by atoms with Crippen LogP contribution >= 0.6 is 0 Å². The average Bonchev–Trinajstić information content (AvgIpc) is 2.84. The number of rotatable bonds is 6. The Morgan fingerprint density at radius 3 is 3.05 bits per heavy atom. The number of nitrogen functional groups attached to an aromatic ring is 1. The molecule has 0 aliphatic carbocycles. The maximum atomic E-state index is 11.7. The molecule has 0 aromatic carbocycles. The molecular formula is C14H20N4O2. The Balaban J connectivity index is 1.66. The van der Waals surface area contributed by atoms with Gasteiger partial charge in [0.25, 0.3) is 0 Å². The molecule has 108 valence electrons. The van der Waals surface area contributed by atoms with Crippen LogP contribution in [0.5, 0.6) is 0 Å². The quantitative estimate of drug-likeness (QED) is 0.800. The first-order chi connectivity index (χ1) is 9.66. The smallest absolute Gasteiger partial charge is 0.222 e. The van der Waals surface area contributed by atoms with Gasteiger partial charge in [0.15, 0.2) is 0 Å². The van der Waals surface area contributed by atoms with E-state index in [9.17, 15) is 9.59 Å². The van der Waals surface area contributed by atoms with Crippen molar-refractivity contribution in [2.45, 2.75) is 32.2 Å². The maximum absolute atomic E-state index is 11.7. The van der Waals surface area contributed by atoms with Crippen LogP contribution in [0.2, 0.25) is 0 Å². The summed E-state index contributed by atoms with van der Waals surface area (Å²) in [7, 11) is 0. The van der Waals surface area contributed by atoms with E-state index in [4.69, 9.17) is 5.73 Å². The zero-order valence-electron chi connectivity index (χ0n) is 11.5. The first-order valence-corrected chi connectivity index (χ1v) is 6.90. The molecule has 1 fully saturated rings. The lowest BCUT2D eigenvalue weighted by molar-refractivity contribution is -0.128. The molecule has 1 aliphatic rings. The van der Waals surface area contributed by atoms with Gasteiger partial charge < -0.3 is 16.0 Å². The van der Waals surface area contributed by atoms with Gasteiger partial charge in [-0.1, -0.05) is 6.07 Å². The SMILES string of the molecule is Nc1ncccc1CNC(=O)CCCN1CCCC1=O. The van der Waals surface area contributed by atoms with Crippen molar-refractivity contribution < 1.29 is 9.59 Å². The van der Waals surface area contributed by atoms with Crippen LogP contribution in [0.25, 0.3) is 0 Å². The zero-order chi connectivity index (χ0) is 14.4. The predicted octanol–water partition coefficient (Wildman–Crippen LogP) is 0.683. The van der Waals surface area contributed by atoms with E-state index in [-0.39, 0.29) is 11.8 Å². The lowest BCUT2D eigenvalue weighted by Gasteiger charge is -2.14. The number of carbonyl (C=O) groups excluding carboxylic acids is 2. The summed E-state index contributed by atoms with van der Waals surface area (Å²) in [5.74, 6) is 0.615. The molecule has 1 aliphatic heterocycles. The Bertz CT molecular complexity index is 490. The molecule has 1 saturated heterocycles. The Kier molecular flexibility index (Phi) is 4.92. The summed E-state index contributed by atoms with van der Waals surface area (Å²) >= 11 is 0. The molecule has 6 nitrogen and oxygen atoms in total. The summed E-state index contributed by atoms with van der Waals surface area (Å²) in [4.78, 5) is 28.9. The highest BCUT2D eigenvalue weighted by Gasteiger charge is 2.19. The number of nitrogens with zero attached hydrogens (tertiary/aromatic N) is 2. The van der Waals surface area contributed by atoms with Crippen LogP contribution in [0.15, 0.2) is 18.3 Å². The number of anilines is 1. The van der Waals surface area contributed by atoms with Crippen LogP contribution in [0.3, 0.4) is 0 Å². The summed E-state index contributed by atoms with van der Waals surface area (Å²) < 4.78 is 0. The van der Waals surface area contributed by atoms with E-state index in [1.165, 1.54) is 0 Å². The van der Waals surface area contributed by atoms with Gasteiger partial charge in [-0.15, -0.1) is 0 Å². The monoisotopic (exact) mass is 276 g/mol. The van der Waals surface area contributed by atoms with E-state index >= 15 is 0 Å². The van der Waals surface area contributed by atoms with Gasteiger partial charge in [-0.2, -0.15) is 0 Å². The lowest BCUT2D eigenvalue weighted by Crippen LogP contribution is -2.28. The molecule has 20 heavy (non-hydrogen) atoms. The fourth-order valence-corrected chi connectivity index (χ4v) is 2.25. The standard InChI is InChI=1S/C14H20N4O2/c15-14-11(4-1-7-16-14)10-17-12(19)5-2-8-18-9-3-6-13(18)20/h1,4,7H,2-3,5-6,8-10H2,(H2,15,16)(H,17,19). The molecule has 3 N–H and O–H groups in total. The number of nitrogens with one attached hydrogen (secondary N) is 1. The molecule has 0 radical (unpaired) electrons. The molecule has 1 aromatic rings. The second-order valence-electron chi connectivity index (χ2n) is 4.91. The second kappa shape index (κ2) is 6.88. The van der Waals surface area contributed by atoms with Gasteiger partial charge in [-0.3, -0.25) is 9.59 Å². The van der Waals surface area contributed by atoms with E-state index in [2.05, 4.69) is 10.3 Å². The molecule has 2 rings (SSSR count). The summed E-state index contributed by atoms with van der Waals surface area (Å²) in [5.41, 5.74) is 6.51. The minimum Gasteiger partial charge on any atom is -0.383 e. The summed E-state index contributed by atoms with van der Waals surface area (Å²) in [6.45, 7) is 1.88. The average molecular weight is 276 g/mol. The third-order valence-corrected chi connectivity index (χ3v) is 3.41. The molecule has 2 amide bonds. The number of pyridine rings is 1. The first kappa shape index (κ1) is 14.3. The fourth-order valence-electron chi connectivity index (χ4n) is 2.25. The Morgan fingerprint density at radius 1 is 1.50 bits per heavy atom. The van der Waals surface area contributed by atoms with Gasteiger partial charge in [0.1, 0.15) is 5.82 Å². The molecule has 0 saturated carbocycles. The number of likely N-dealkylation sites (tertiary alicyclic amines) is 1. The molecule has 0 spiro atoms. The summed E-state index contributed by atoms with van der Waals surface area (Å²) in [5, 5.41) is 2.81. The number of carbonyl (C=O) groups is 2. The van der Waals surface area contributed by atoms with Gasteiger partial charge in [-0.25, -0.2) is 4.98 Å². The van der Waals surface area contributed by atoms with E-state index < -0.39 is 0 Å². The minimum atomic E-state index is -0.0279. The number of amides is 2. The van der Waals surface area contributed by atoms with Crippen LogP contribution in [-0.2, 0) is 16.1 Å². The highest BCUT2D eigenvalue weighted by Crippen LogP contribution is 2.10. The maximum Gasteiger partial charge on any atom is 0.222 e. The molecular weight excluding hydrogens is 256 g/mol. The largest absolute Gasteiger partial charge is 0.383 e. The van der Waals surface area contributed by atoms with Crippen molar-refractivity contribution in [2.75, 3.05) is 18.8 Å². The first-order valence-electron chi connectivity index (χ1n) is 6.90. The third-order valence-electron chi connectivity index (χ3n) is 3.41. The van der Waals surface area contributed by atoms with Crippen molar-refractivity contribution >= 4 is 17.6 Å². The number of nitrogens with two attached hydrogens (primary N) is 1. The van der Waals surface area contributed by atoms with Crippen molar-refractivity contribution in [3.63, 3.8) is 0 Å². The Hall–Kier alpha value is -2.11. The Morgan fingerprint density at radius 2 is 2.35 bits per heavy atom. The van der Waals surface area contributed by atoms with Crippen molar-refractivity contribution in [1.82, 2.24) is 15.2 Å². The van der Waals surface area contributed by atoms with Crippen LogP contribution in [0.1, 0.15) is 31.2 Å². The van der Waals surface area contributed by atoms with Crippen molar-refractivity contribution in [3.8, 4) is 0 Å². The van der Waals surface area contributed by atoms with Crippen LogP contribution in [0, 0.1) is 0 Å². The molecule has 6 heteroatoms. The molecule has 2 heterocycles. The topological polar surface area (TPSA) is 88.3 Å². The van der Waals surface area contributed by atoms with Crippen molar-refractivity contribution in [2.24, 2.45) is 0 Å². The van der Waals surface area contributed by atoms with Gasteiger partial charge >= 0.3 is 0 Å². The van der Waals surface area contributed by atoms with Gasteiger partial charge in [0.2, 0.25) is 11.8 Å². The summed E-state index contributed by atoms with van der Waals surface area (Å²) in [6, 6.07) is 3.63. The third kappa shape index (κ3) is 3.94. The minimum absolute atomic E-state index is 0.0279. The van der Waals surface area contributed by atoms with Crippen LogP contribution in [-0.4, -0.2) is 34.8 Å². The van der Waals surface area contributed by atoms with Gasteiger partial charge in [-0.05, 0) is 18.9 Å². The van der Waals surface area contributed by atoms with Crippen LogP contribution in [0.4, 0.5) is 5.82 Å². The van der Waals surface area contributed by atoms with Gasteiger partial charge in [0.05, 0.1) is 0 Å². The van der Waals surface area contributed by atoms with Gasteiger partial charge in [0, 0.05) is 44.2 Å². The normalized spacial score (nSPS) is 14.6. The molecule has 0 bridgehead atoms. The van der Waals surface area contributed by atoms with E-state index in [1.54, 1.807) is 12.3 Å². The Labute approximate surface area is 118 Å². The molecule has 0 atom stereocenters. The second-order valence-corrected chi connectivity index (χ2v) is 4.91. The highest BCUT2D eigenvalue weighted by molar-refractivity contribution is 5.78. The van der Waals surface area contributed by atoms with Crippen LogP contribution < -0.4 is 11.1 Å². The fraction of sp³-hybridized carbons (Fsp3) is 0.500. The molecule has 1 aromatic heterocycles. The van der Waals surface area contributed by atoms with Crippen molar-refractivity contribution in [1.29, 1.82) is 0 Å². The van der Waals surface area contributed by atoms with Crippen molar-refractivity contribution in [3.05, 3.63) is 23.9 Å².